The van der Waals surface area contributed by atoms with Gasteiger partial charge in [0, 0.05) is 31.6 Å². The summed E-state index contributed by atoms with van der Waals surface area (Å²) < 4.78 is 14.0. The summed E-state index contributed by atoms with van der Waals surface area (Å²) in [6, 6.07) is 2.04. The van der Waals surface area contributed by atoms with Crippen LogP contribution >= 0.6 is 0 Å². The monoisotopic (exact) mass is 292 g/mol. The van der Waals surface area contributed by atoms with Crippen LogP contribution in [0.2, 0.25) is 0 Å². The number of nitrogens with one attached hydrogen (secondary N) is 1. The number of aromatic nitrogens is 2. The van der Waals surface area contributed by atoms with Gasteiger partial charge in [0.15, 0.2) is 0 Å². The van der Waals surface area contributed by atoms with Gasteiger partial charge in [0.2, 0.25) is 0 Å². The fraction of sp³-hybridized carbons (Fsp3) is 0.231. The highest BCUT2D eigenvalue weighted by Gasteiger charge is 2.22. The van der Waals surface area contributed by atoms with Gasteiger partial charge in [-0.2, -0.15) is 0 Å². The number of carbonyl (C=O) groups is 1. The largest absolute Gasteiger partial charge is 0.347 e. The summed E-state index contributed by atoms with van der Waals surface area (Å²) in [5.74, 6) is -0.860. The van der Waals surface area contributed by atoms with Crippen LogP contribution < -0.4 is 0 Å². The molecule has 0 aliphatic carbocycles. The van der Waals surface area contributed by atoms with Crippen molar-refractivity contribution in [2.24, 2.45) is 0 Å². The Morgan fingerprint density at radius 2 is 2.24 bits per heavy atom. The lowest BCUT2D eigenvalue weighted by Gasteiger charge is -2.16. The van der Waals surface area contributed by atoms with Gasteiger partial charge in [-0.15, -0.1) is 0 Å². The Hall–Kier alpha value is -2.77. The first-order chi connectivity index (χ1) is 9.90. The number of hydrogen-bond donors (Lipinski definition) is 1. The number of non-ortho nitro benzene ring substituents is 1. The van der Waals surface area contributed by atoms with E-state index in [1.165, 1.54) is 25.1 Å². The topological polar surface area (TPSA) is 92.1 Å². The van der Waals surface area contributed by atoms with Gasteiger partial charge < -0.3 is 9.88 Å². The molecule has 0 saturated carbocycles. The standard InChI is InChI=1S/C13H13FN4O3/c1-8-5-9(18(20)21)6-10(12(8)14)13(19)17(2)7-11-15-3-4-16-11/h3-6H,7H2,1-2H3,(H,15,16). The molecule has 0 unspecified atom stereocenters. The molecule has 0 radical (unpaired) electrons. The van der Waals surface area contributed by atoms with E-state index in [0.29, 0.717) is 5.82 Å². The van der Waals surface area contributed by atoms with Gasteiger partial charge in [-0.25, -0.2) is 9.37 Å². The zero-order chi connectivity index (χ0) is 15.6. The van der Waals surface area contributed by atoms with E-state index in [1.807, 2.05) is 0 Å². The average Bonchev–Trinajstić information content (AvgIpc) is 2.93. The highest BCUT2D eigenvalue weighted by molar-refractivity contribution is 5.95. The summed E-state index contributed by atoms with van der Waals surface area (Å²) in [7, 11) is 1.47. The number of rotatable bonds is 4. The third-order valence-electron chi connectivity index (χ3n) is 2.97. The van der Waals surface area contributed by atoms with E-state index in [4.69, 9.17) is 0 Å². The van der Waals surface area contributed by atoms with E-state index in [0.717, 1.165) is 12.1 Å². The minimum absolute atomic E-state index is 0.0546. The summed E-state index contributed by atoms with van der Waals surface area (Å²) in [5.41, 5.74) is -0.585. The van der Waals surface area contributed by atoms with Gasteiger partial charge >= 0.3 is 0 Å². The van der Waals surface area contributed by atoms with E-state index in [9.17, 15) is 19.3 Å². The highest BCUT2D eigenvalue weighted by Crippen LogP contribution is 2.22. The number of nitro groups is 1. The summed E-state index contributed by atoms with van der Waals surface area (Å²) in [6.07, 6.45) is 3.14. The Bertz CT molecular complexity index is 685. The first-order valence-electron chi connectivity index (χ1n) is 6.08. The van der Waals surface area contributed by atoms with Crippen molar-refractivity contribution in [1.82, 2.24) is 14.9 Å². The number of hydrogen-bond acceptors (Lipinski definition) is 4. The van der Waals surface area contributed by atoms with Gasteiger partial charge in [0.25, 0.3) is 11.6 Å². The number of H-pyrrole nitrogens is 1. The smallest absolute Gasteiger partial charge is 0.270 e. The zero-order valence-corrected chi connectivity index (χ0v) is 11.5. The zero-order valence-electron chi connectivity index (χ0n) is 11.5. The molecule has 1 N–H and O–H groups in total. The van der Waals surface area contributed by atoms with Crippen LogP contribution in [-0.4, -0.2) is 32.7 Å². The maximum absolute atomic E-state index is 14.0. The average molecular weight is 292 g/mol. The highest BCUT2D eigenvalue weighted by atomic mass is 19.1. The predicted molar refractivity (Wildman–Crippen MR) is 72.2 cm³/mol. The molecule has 0 aliphatic rings. The molecule has 0 saturated heterocycles. The van der Waals surface area contributed by atoms with Crippen molar-refractivity contribution in [2.45, 2.75) is 13.5 Å². The number of nitrogens with zero attached hydrogens (tertiary/aromatic N) is 3. The van der Waals surface area contributed by atoms with Gasteiger partial charge in [-0.05, 0) is 12.5 Å². The first-order valence-corrected chi connectivity index (χ1v) is 6.08. The molecule has 0 fully saturated rings. The van der Waals surface area contributed by atoms with Crippen LogP contribution in [0.5, 0.6) is 0 Å². The maximum atomic E-state index is 14.0. The Morgan fingerprint density at radius 1 is 1.52 bits per heavy atom. The summed E-state index contributed by atoms with van der Waals surface area (Å²) in [4.78, 5) is 30.4. The quantitative estimate of drug-likeness (QED) is 0.689. The van der Waals surface area contributed by atoms with Crippen LogP contribution in [0.3, 0.4) is 0 Å². The molecular weight excluding hydrogens is 279 g/mol. The molecule has 1 aromatic heterocycles. The van der Waals surface area contributed by atoms with Gasteiger partial charge in [-0.3, -0.25) is 14.9 Å². The number of benzene rings is 1. The van der Waals surface area contributed by atoms with Crippen molar-refractivity contribution in [3.05, 3.63) is 57.4 Å². The minimum atomic E-state index is -0.753. The molecule has 0 bridgehead atoms. The molecule has 1 amide bonds. The van der Waals surface area contributed by atoms with Gasteiger partial charge in [-0.1, -0.05) is 0 Å². The third-order valence-corrected chi connectivity index (χ3v) is 2.97. The van der Waals surface area contributed by atoms with Crippen LogP contribution in [0.4, 0.5) is 10.1 Å². The Morgan fingerprint density at radius 3 is 2.81 bits per heavy atom. The Balaban J connectivity index is 2.31. The van der Waals surface area contributed by atoms with Crippen LogP contribution in [0, 0.1) is 22.9 Å². The first kappa shape index (κ1) is 14.6. The molecule has 2 rings (SSSR count). The molecule has 0 aliphatic heterocycles. The SMILES string of the molecule is Cc1cc([N+](=O)[O-])cc(C(=O)N(C)Cc2ncc[nH]2)c1F. The lowest BCUT2D eigenvalue weighted by Crippen LogP contribution is -2.27. The van der Waals surface area contributed by atoms with Crippen LogP contribution in [-0.2, 0) is 6.54 Å². The van der Waals surface area contributed by atoms with E-state index in [1.54, 1.807) is 6.20 Å². The Kier molecular flexibility index (Phi) is 3.97. The summed E-state index contributed by atoms with van der Waals surface area (Å²) >= 11 is 0. The second-order valence-electron chi connectivity index (χ2n) is 4.58. The Labute approximate surface area is 119 Å². The van der Waals surface area contributed by atoms with Crippen molar-refractivity contribution in [3.63, 3.8) is 0 Å². The number of amides is 1. The summed E-state index contributed by atoms with van der Waals surface area (Å²) in [5, 5.41) is 10.8. The van der Waals surface area contributed by atoms with Crippen molar-refractivity contribution < 1.29 is 14.1 Å². The van der Waals surface area contributed by atoms with Gasteiger partial charge in [0.1, 0.15) is 11.6 Å². The molecule has 1 aromatic carbocycles. The fourth-order valence-corrected chi connectivity index (χ4v) is 1.90. The van der Waals surface area contributed by atoms with E-state index in [-0.39, 0.29) is 23.4 Å². The van der Waals surface area contributed by atoms with Crippen molar-refractivity contribution in [3.8, 4) is 0 Å². The second-order valence-corrected chi connectivity index (χ2v) is 4.58. The van der Waals surface area contributed by atoms with E-state index in [2.05, 4.69) is 9.97 Å². The van der Waals surface area contributed by atoms with Crippen molar-refractivity contribution >= 4 is 11.6 Å². The summed E-state index contributed by atoms with van der Waals surface area (Å²) in [6.45, 7) is 1.53. The molecule has 7 nitrogen and oxygen atoms in total. The number of aromatic amines is 1. The molecule has 0 atom stereocenters. The minimum Gasteiger partial charge on any atom is -0.347 e. The van der Waals surface area contributed by atoms with Crippen molar-refractivity contribution in [2.75, 3.05) is 7.05 Å². The normalized spacial score (nSPS) is 10.4. The van der Waals surface area contributed by atoms with Gasteiger partial charge in [0.05, 0.1) is 17.0 Å². The lowest BCUT2D eigenvalue weighted by atomic mass is 10.1. The number of imidazole rings is 1. The predicted octanol–water partition coefficient (Wildman–Crippen LogP) is 2.04. The number of carbonyl (C=O) groups excluding carboxylic acids is 1. The number of aryl methyl sites for hydroxylation is 1. The number of halogens is 1. The molecule has 21 heavy (non-hydrogen) atoms. The lowest BCUT2D eigenvalue weighted by molar-refractivity contribution is -0.385. The molecule has 2 aromatic rings. The van der Waals surface area contributed by atoms with E-state index >= 15 is 0 Å². The van der Waals surface area contributed by atoms with Crippen molar-refractivity contribution in [1.29, 1.82) is 0 Å². The molecule has 0 spiro atoms. The third kappa shape index (κ3) is 3.04. The molecule has 1 heterocycles. The molecule has 8 heteroatoms. The fourth-order valence-electron chi connectivity index (χ4n) is 1.90. The number of nitro benzene ring substituents is 1. The van der Waals surface area contributed by atoms with Crippen LogP contribution in [0.15, 0.2) is 24.5 Å². The maximum Gasteiger partial charge on any atom is 0.270 e. The van der Waals surface area contributed by atoms with Crippen LogP contribution in [0.1, 0.15) is 21.7 Å². The molecular formula is C13H13FN4O3. The van der Waals surface area contributed by atoms with E-state index < -0.39 is 16.6 Å². The van der Waals surface area contributed by atoms with Crippen LogP contribution in [0.25, 0.3) is 0 Å². The second kappa shape index (κ2) is 5.70. The molecule has 110 valence electrons.